The molecule has 0 amide bonds. The van der Waals surface area contributed by atoms with Gasteiger partial charge < -0.3 is 5.11 Å². The van der Waals surface area contributed by atoms with Crippen LogP contribution in [0.2, 0.25) is 0 Å². The van der Waals surface area contributed by atoms with Gasteiger partial charge in [-0.1, -0.05) is 6.08 Å². The molecule has 0 unspecified atom stereocenters. The lowest BCUT2D eigenvalue weighted by atomic mass is 10.3. The van der Waals surface area contributed by atoms with Gasteiger partial charge in [0.2, 0.25) is 0 Å². The largest absolute Gasteiger partial charge is 0.478 e. The molecule has 0 saturated carbocycles. The van der Waals surface area contributed by atoms with Crippen molar-refractivity contribution in [2.75, 3.05) is 5.88 Å². The first-order valence-corrected chi connectivity index (χ1v) is 2.70. The third kappa shape index (κ3) is 1.98. The van der Waals surface area contributed by atoms with E-state index < -0.39 is 5.97 Å². The van der Waals surface area contributed by atoms with E-state index >= 15 is 0 Å². The molecule has 0 saturated heterocycles. The van der Waals surface area contributed by atoms with Gasteiger partial charge in [0.25, 0.3) is 0 Å². The van der Waals surface area contributed by atoms with Crippen molar-refractivity contribution in [3.63, 3.8) is 0 Å². The first-order chi connectivity index (χ1) is 3.72. The quantitative estimate of drug-likeness (QED) is 0.456. The fraction of sp³-hybridized carbons (Fsp3) is 0.400. The summed E-state index contributed by atoms with van der Waals surface area (Å²) in [6, 6.07) is 0. The van der Waals surface area contributed by atoms with Crippen LogP contribution >= 0.6 is 11.6 Å². The molecule has 0 heterocycles. The van der Waals surface area contributed by atoms with Crippen molar-refractivity contribution >= 4 is 17.6 Å². The minimum Gasteiger partial charge on any atom is -0.478 e. The minimum atomic E-state index is -0.942. The van der Waals surface area contributed by atoms with Crippen molar-refractivity contribution in [3.8, 4) is 0 Å². The third-order valence-corrected chi connectivity index (χ3v) is 1.06. The van der Waals surface area contributed by atoms with Crippen molar-refractivity contribution in [1.82, 2.24) is 0 Å². The van der Waals surface area contributed by atoms with E-state index in [-0.39, 0.29) is 11.5 Å². The number of allylic oxidation sites excluding steroid dienone is 1. The van der Waals surface area contributed by atoms with Crippen molar-refractivity contribution in [2.24, 2.45) is 0 Å². The Kier molecular flexibility index (Phi) is 3.28. The number of hydrogen-bond donors (Lipinski definition) is 1. The summed E-state index contributed by atoms with van der Waals surface area (Å²) in [4.78, 5) is 10.0. The molecule has 3 heteroatoms. The van der Waals surface area contributed by atoms with E-state index in [0.29, 0.717) is 0 Å². The van der Waals surface area contributed by atoms with Crippen LogP contribution in [0.25, 0.3) is 0 Å². The van der Waals surface area contributed by atoms with Crippen LogP contribution in [0.4, 0.5) is 0 Å². The first kappa shape index (κ1) is 7.50. The van der Waals surface area contributed by atoms with Crippen LogP contribution in [0.3, 0.4) is 0 Å². The standard InChI is InChI=1S/C5H7ClO2/c1-2-4(3-6)5(7)8/h2H,3H2,1H3,(H,7,8)/b4-2-. The summed E-state index contributed by atoms with van der Waals surface area (Å²) in [5.74, 6) is -0.867. The number of carbonyl (C=O) groups is 1. The SMILES string of the molecule is C/C=C(/CCl)C(=O)O. The first-order valence-electron chi connectivity index (χ1n) is 2.16. The second-order valence-corrected chi connectivity index (χ2v) is 1.52. The number of alkyl halides is 1. The van der Waals surface area contributed by atoms with Crippen LogP contribution < -0.4 is 0 Å². The Morgan fingerprint density at radius 1 is 1.88 bits per heavy atom. The van der Waals surface area contributed by atoms with Crippen molar-refractivity contribution in [1.29, 1.82) is 0 Å². The normalized spacial score (nSPS) is 11.5. The zero-order chi connectivity index (χ0) is 6.57. The zero-order valence-electron chi connectivity index (χ0n) is 4.52. The van der Waals surface area contributed by atoms with Gasteiger partial charge in [-0.05, 0) is 6.92 Å². The molecular formula is C5H7ClO2. The number of rotatable bonds is 2. The van der Waals surface area contributed by atoms with Crippen LogP contribution in [-0.2, 0) is 4.79 Å². The Balaban J connectivity index is 3.92. The Hall–Kier alpha value is -0.500. The molecule has 0 atom stereocenters. The zero-order valence-corrected chi connectivity index (χ0v) is 5.27. The molecule has 0 aliphatic heterocycles. The smallest absolute Gasteiger partial charge is 0.332 e. The van der Waals surface area contributed by atoms with Crippen molar-refractivity contribution < 1.29 is 9.90 Å². The summed E-state index contributed by atoms with van der Waals surface area (Å²) in [5, 5.41) is 8.22. The highest BCUT2D eigenvalue weighted by Gasteiger charge is 2.00. The van der Waals surface area contributed by atoms with E-state index in [1.165, 1.54) is 6.08 Å². The molecule has 0 rings (SSSR count). The maximum absolute atomic E-state index is 10.0. The molecule has 2 nitrogen and oxygen atoms in total. The van der Waals surface area contributed by atoms with Gasteiger partial charge in [-0.15, -0.1) is 11.6 Å². The van der Waals surface area contributed by atoms with Crippen LogP contribution in [0.1, 0.15) is 6.92 Å². The Labute approximate surface area is 52.8 Å². The van der Waals surface area contributed by atoms with Crippen LogP contribution in [0, 0.1) is 0 Å². The maximum atomic E-state index is 10.0. The molecule has 0 aromatic rings. The fourth-order valence-corrected chi connectivity index (χ4v) is 0.526. The van der Waals surface area contributed by atoms with Gasteiger partial charge in [0.15, 0.2) is 0 Å². The lowest BCUT2D eigenvalue weighted by Gasteiger charge is -1.89. The molecule has 8 heavy (non-hydrogen) atoms. The number of halogens is 1. The summed E-state index contributed by atoms with van der Waals surface area (Å²) < 4.78 is 0. The third-order valence-electron chi connectivity index (χ3n) is 0.767. The minimum absolute atomic E-state index is 0.0752. The molecule has 0 radical (unpaired) electrons. The van der Waals surface area contributed by atoms with Gasteiger partial charge in [0.05, 0.1) is 5.88 Å². The molecule has 0 aliphatic carbocycles. The molecular weight excluding hydrogens is 128 g/mol. The molecule has 0 fully saturated rings. The van der Waals surface area contributed by atoms with Gasteiger partial charge >= 0.3 is 5.97 Å². The van der Waals surface area contributed by atoms with Crippen LogP contribution in [-0.4, -0.2) is 17.0 Å². The van der Waals surface area contributed by atoms with E-state index in [4.69, 9.17) is 16.7 Å². The summed E-state index contributed by atoms with van der Waals surface area (Å²) in [6.45, 7) is 1.64. The van der Waals surface area contributed by atoms with Crippen LogP contribution in [0.5, 0.6) is 0 Å². The average molecular weight is 135 g/mol. The lowest BCUT2D eigenvalue weighted by molar-refractivity contribution is -0.132. The van der Waals surface area contributed by atoms with E-state index in [2.05, 4.69) is 0 Å². The molecule has 46 valence electrons. The highest BCUT2D eigenvalue weighted by Crippen LogP contribution is 1.95. The number of carboxylic acid groups (broad SMARTS) is 1. The summed E-state index contributed by atoms with van der Waals surface area (Å²) in [5.41, 5.74) is 0.242. The Morgan fingerprint density at radius 3 is 2.38 bits per heavy atom. The van der Waals surface area contributed by atoms with Gasteiger partial charge in [-0.25, -0.2) is 4.79 Å². The number of hydrogen-bond acceptors (Lipinski definition) is 1. The maximum Gasteiger partial charge on any atom is 0.332 e. The van der Waals surface area contributed by atoms with Gasteiger partial charge in [0, 0.05) is 5.57 Å². The number of carboxylic acids is 1. The average Bonchev–Trinajstić information content (AvgIpc) is 1.69. The second kappa shape index (κ2) is 3.50. The topological polar surface area (TPSA) is 37.3 Å². The summed E-state index contributed by atoms with van der Waals surface area (Å²) in [6.07, 6.45) is 1.48. The second-order valence-electron chi connectivity index (χ2n) is 1.25. The molecule has 0 aromatic heterocycles. The highest BCUT2D eigenvalue weighted by molar-refractivity contribution is 6.22. The molecule has 0 aromatic carbocycles. The Bertz CT molecular complexity index is 118. The molecule has 0 aliphatic rings. The monoisotopic (exact) mass is 134 g/mol. The van der Waals surface area contributed by atoms with Crippen molar-refractivity contribution in [2.45, 2.75) is 6.92 Å². The van der Waals surface area contributed by atoms with E-state index in [1.54, 1.807) is 6.92 Å². The van der Waals surface area contributed by atoms with E-state index in [9.17, 15) is 4.79 Å². The van der Waals surface area contributed by atoms with Gasteiger partial charge in [0.1, 0.15) is 0 Å². The van der Waals surface area contributed by atoms with Gasteiger partial charge in [-0.2, -0.15) is 0 Å². The predicted molar refractivity (Wildman–Crippen MR) is 32.1 cm³/mol. The fourth-order valence-electron chi connectivity index (χ4n) is 0.258. The molecule has 0 spiro atoms. The Morgan fingerprint density at radius 2 is 2.38 bits per heavy atom. The molecule has 0 bridgehead atoms. The molecule has 1 N–H and O–H groups in total. The van der Waals surface area contributed by atoms with Crippen molar-refractivity contribution in [3.05, 3.63) is 11.6 Å². The summed E-state index contributed by atoms with van der Waals surface area (Å²) >= 11 is 5.21. The van der Waals surface area contributed by atoms with E-state index in [1.807, 2.05) is 0 Å². The highest BCUT2D eigenvalue weighted by atomic mass is 35.5. The van der Waals surface area contributed by atoms with Gasteiger partial charge in [-0.3, -0.25) is 0 Å². The number of aliphatic carboxylic acids is 1. The lowest BCUT2D eigenvalue weighted by Crippen LogP contribution is -2.00. The van der Waals surface area contributed by atoms with Crippen LogP contribution in [0.15, 0.2) is 11.6 Å². The summed E-state index contributed by atoms with van der Waals surface area (Å²) in [7, 11) is 0. The predicted octanol–water partition coefficient (Wildman–Crippen LogP) is 1.26. The van der Waals surface area contributed by atoms with E-state index in [0.717, 1.165) is 0 Å².